The van der Waals surface area contributed by atoms with Gasteiger partial charge in [-0.25, -0.2) is 9.97 Å². The van der Waals surface area contributed by atoms with Crippen LogP contribution in [0.2, 0.25) is 0 Å². The average Bonchev–Trinajstić information content (AvgIpc) is 2.77. The molecule has 0 radical (unpaired) electrons. The van der Waals surface area contributed by atoms with Crippen LogP contribution in [0, 0.1) is 0 Å². The number of anilines is 5. The number of aromatic nitrogens is 4. The summed E-state index contributed by atoms with van der Waals surface area (Å²) in [6, 6.07) is 7.44. The zero-order valence-corrected chi connectivity index (χ0v) is 20.6. The third kappa shape index (κ3) is 6.73. The molecule has 0 bridgehead atoms. The third-order valence-corrected chi connectivity index (χ3v) is 5.36. The summed E-state index contributed by atoms with van der Waals surface area (Å²) in [7, 11) is 0. The number of hydrogen-bond donors (Lipinski definition) is 5. The molecule has 10 nitrogen and oxygen atoms in total. The van der Waals surface area contributed by atoms with Crippen LogP contribution in [0.25, 0.3) is 0 Å². The molecule has 2 aromatic heterocycles. The summed E-state index contributed by atoms with van der Waals surface area (Å²) >= 11 is 6.73. The number of ether oxygens (including phenoxy) is 1. The van der Waals surface area contributed by atoms with Gasteiger partial charge in [0.15, 0.2) is 0 Å². The average molecular weight is 569 g/mol. The molecule has 12 heteroatoms. The van der Waals surface area contributed by atoms with Gasteiger partial charge in [0.2, 0.25) is 17.8 Å². The Bertz CT molecular complexity index is 1040. The van der Waals surface area contributed by atoms with Gasteiger partial charge in [-0.3, -0.25) is 0 Å². The summed E-state index contributed by atoms with van der Waals surface area (Å²) in [5, 5.41) is 27.9. The summed E-state index contributed by atoms with van der Waals surface area (Å²) in [4.78, 5) is 17.2. The number of halogens is 2. The largest absolute Gasteiger partial charge is 0.471 e. The molecule has 2 heterocycles. The van der Waals surface area contributed by atoms with E-state index in [1.807, 2.05) is 24.3 Å². The lowest BCUT2D eigenvalue weighted by Crippen LogP contribution is -2.26. The van der Waals surface area contributed by atoms with E-state index >= 15 is 0 Å². The number of hydrogen-bond acceptors (Lipinski definition) is 10. The predicted molar refractivity (Wildman–Crippen MR) is 130 cm³/mol. The van der Waals surface area contributed by atoms with Gasteiger partial charge in [0.1, 0.15) is 11.9 Å². The van der Waals surface area contributed by atoms with E-state index in [1.165, 1.54) is 0 Å². The maximum Gasteiger partial charge on any atom is 0.233 e. The Morgan fingerprint density at radius 2 is 1.50 bits per heavy atom. The molecule has 0 spiro atoms. The second-order valence-electron chi connectivity index (χ2n) is 6.78. The summed E-state index contributed by atoms with van der Waals surface area (Å²) in [6.07, 6.45) is 2.17. The smallest absolute Gasteiger partial charge is 0.233 e. The molecule has 0 amide bonds. The molecular formula is C20H23Br2N7O3. The van der Waals surface area contributed by atoms with Crippen molar-refractivity contribution in [1.82, 2.24) is 19.9 Å². The summed E-state index contributed by atoms with van der Waals surface area (Å²) in [6.45, 7) is 3.81. The van der Waals surface area contributed by atoms with Gasteiger partial charge in [-0.15, -0.1) is 0 Å². The number of aliphatic hydroxyl groups excluding tert-OH is 2. The van der Waals surface area contributed by atoms with Gasteiger partial charge in [-0.05, 0) is 70.0 Å². The van der Waals surface area contributed by atoms with E-state index in [0.29, 0.717) is 39.1 Å². The highest BCUT2D eigenvalue weighted by atomic mass is 79.9. The number of nitrogens with one attached hydrogen (secondary N) is 3. The lowest BCUT2D eigenvalue weighted by atomic mass is 10.3. The van der Waals surface area contributed by atoms with Crippen LogP contribution in [0.5, 0.6) is 5.88 Å². The Balaban J connectivity index is 1.66. The quantitative estimate of drug-likeness (QED) is 0.245. The van der Waals surface area contributed by atoms with E-state index in [-0.39, 0.29) is 6.61 Å². The van der Waals surface area contributed by atoms with Crippen molar-refractivity contribution in [3.8, 4) is 5.88 Å². The molecule has 3 rings (SSSR count). The fraction of sp³-hybridized carbons (Fsp3) is 0.300. The van der Waals surface area contributed by atoms with Gasteiger partial charge in [0.05, 0.1) is 27.9 Å². The van der Waals surface area contributed by atoms with E-state index in [4.69, 9.17) is 9.84 Å². The van der Waals surface area contributed by atoms with Crippen molar-refractivity contribution in [1.29, 1.82) is 0 Å². The van der Waals surface area contributed by atoms with Gasteiger partial charge in [-0.2, -0.15) is 9.97 Å². The maximum absolute atomic E-state index is 9.65. The Morgan fingerprint density at radius 1 is 0.938 bits per heavy atom. The lowest BCUT2D eigenvalue weighted by Gasteiger charge is -2.17. The highest BCUT2D eigenvalue weighted by Crippen LogP contribution is 2.26. The molecule has 170 valence electrons. The molecular weight excluding hydrogens is 546 g/mol. The molecule has 0 saturated carbocycles. The molecule has 0 fully saturated rings. The van der Waals surface area contributed by atoms with Crippen LogP contribution >= 0.6 is 31.9 Å². The highest BCUT2D eigenvalue weighted by molar-refractivity contribution is 9.11. The number of benzene rings is 1. The van der Waals surface area contributed by atoms with Crippen molar-refractivity contribution in [2.45, 2.75) is 26.1 Å². The molecule has 0 aliphatic heterocycles. The van der Waals surface area contributed by atoms with Gasteiger partial charge in [0.25, 0.3) is 0 Å². The van der Waals surface area contributed by atoms with Crippen LogP contribution in [0.1, 0.15) is 13.8 Å². The molecule has 32 heavy (non-hydrogen) atoms. The Kier molecular flexibility index (Phi) is 8.56. The Hall–Kier alpha value is -2.54. The van der Waals surface area contributed by atoms with Gasteiger partial charge < -0.3 is 30.9 Å². The standard InChI is InChI=1S/C20H23Br2N7O3/c1-11(31)12(2)32-18-16(22)10-25-20(29-18)27-14-5-3-13(4-6-14)26-19-24-9-15(21)17(28-19)23-7-8-30/h3-6,9-12,30-31H,7-8H2,1-2H3,(H,25,27,29)(H2,23,24,26,28)/t11-,12-/m1/s1. The fourth-order valence-corrected chi connectivity index (χ4v) is 3.01. The number of rotatable bonds is 10. The molecule has 3 aromatic rings. The van der Waals surface area contributed by atoms with E-state index in [0.717, 1.165) is 11.4 Å². The second-order valence-corrected chi connectivity index (χ2v) is 8.49. The number of aliphatic hydroxyl groups is 2. The first-order valence-electron chi connectivity index (χ1n) is 9.74. The van der Waals surface area contributed by atoms with Crippen molar-refractivity contribution in [3.05, 3.63) is 45.6 Å². The van der Waals surface area contributed by atoms with Crippen molar-refractivity contribution < 1.29 is 14.9 Å². The summed E-state index contributed by atoms with van der Waals surface area (Å²) in [5.41, 5.74) is 1.56. The Labute approximate surface area is 202 Å². The van der Waals surface area contributed by atoms with Gasteiger partial charge in [0, 0.05) is 24.1 Å². The zero-order chi connectivity index (χ0) is 23.1. The molecule has 0 saturated heterocycles. The van der Waals surface area contributed by atoms with Crippen LogP contribution in [0.3, 0.4) is 0 Å². The van der Waals surface area contributed by atoms with Crippen LogP contribution < -0.4 is 20.7 Å². The topological polar surface area (TPSA) is 137 Å². The summed E-state index contributed by atoms with van der Waals surface area (Å²) < 4.78 is 6.98. The molecule has 0 unspecified atom stereocenters. The Morgan fingerprint density at radius 3 is 2.06 bits per heavy atom. The van der Waals surface area contributed by atoms with Gasteiger partial charge >= 0.3 is 0 Å². The normalized spacial score (nSPS) is 12.7. The van der Waals surface area contributed by atoms with Gasteiger partial charge in [-0.1, -0.05) is 0 Å². The molecule has 2 atom stereocenters. The maximum atomic E-state index is 9.65. The first kappa shape index (κ1) is 24.1. The third-order valence-electron chi connectivity index (χ3n) is 4.23. The van der Waals surface area contributed by atoms with Crippen LogP contribution in [-0.2, 0) is 0 Å². The first-order valence-corrected chi connectivity index (χ1v) is 11.3. The highest BCUT2D eigenvalue weighted by Gasteiger charge is 2.15. The van der Waals surface area contributed by atoms with E-state index in [2.05, 4.69) is 67.7 Å². The summed E-state index contributed by atoms with van der Waals surface area (Å²) in [5.74, 6) is 1.70. The zero-order valence-electron chi connectivity index (χ0n) is 17.4. The van der Waals surface area contributed by atoms with Crippen LogP contribution in [0.15, 0.2) is 45.6 Å². The fourth-order valence-electron chi connectivity index (χ4n) is 2.39. The van der Waals surface area contributed by atoms with Crippen LogP contribution in [-0.4, -0.2) is 55.5 Å². The molecule has 5 N–H and O–H groups in total. The lowest BCUT2D eigenvalue weighted by molar-refractivity contribution is 0.0569. The number of nitrogens with zero attached hydrogens (tertiary/aromatic N) is 4. The van der Waals surface area contributed by atoms with E-state index < -0.39 is 12.2 Å². The van der Waals surface area contributed by atoms with Crippen molar-refractivity contribution in [3.63, 3.8) is 0 Å². The van der Waals surface area contributed by atoms with Crippen LogP contribution in [0.4, 0.5) is 29.1 Å². The van der Waals surface area contributed by atoms with Crippen molar-refractivity contribution in [2.75, 3.05) is 29.1 Å². The minimum atomic E-state index is -0.635. The minimum absolute atomic E-state index is 0.00293. The molecule has 1 aromatic carbocycles. The molecule has 0 aliphatic rings. The molecule has 0 aliphatic carbocycles. The monoisotopic (exact) mass is 567 g/mol. The first-order chi connectivity index (χ1) is 15.4. The predicted octanol–water partition coefficient (Wildman–Crippen LogP) is 3.83. The van der Waals surface area contributed by atoms with Crippen molar-refractivity contribution >= 4 is 60.9 Å². The van der Waals surface area contributed by atoms with E-state index in [9.17, 15) is 5.11 Å². The second kappa shape index (κ2) is 11.4. The minimum Gasteiger partial charge on any atom is -0.471 e. The van der Waals surface area contributed by atoms with Crippen molar-refractivity contribution in [2.24, 2.45) is 0 Å². The SMILES string of the molecule is C[C@@H](O)[C@@H](C)Oc1nc(Nc2ccc(Nc3ncc(Br)c(NCCO)n3)cc2)ncc1Br. The van der Waals surface area contributed by atoms with E-state index in [1.54, 1.807) is 26.2 Å².